The molecule has 0 radical (unpaired) electrons. The molecule has 3 saturated carbocycles. The lowest BCUT2D eigenvalue weighted by atomic mass is 9.47. The van der Waals surface area contributed by atoms with Gasteiger partial charge in [0.25, 0.3) is 0 Å². The van der Waals surface area contributed by atoms with E-state index in [2.05, 4.69) is 61.9 Å². The molecule has 0 spiro atoms. The van der Waals surface area contributed by atoms with Crippen LogP contribution >= 0.6 is 15.9 Å². The maximum absolute atomic E-state index is 4.40. The van der Waals surface area contributed by atoms with Crippen molar-refractivity contribution in [1.29, 1.82) is 0 Å². The molecule has 0 aromatic heterocycles. The van der Waals surface area contributed by atoms with E-state index in [-0.39, 0.29) is 5.41 Å². The summed E-state index contributed by atoms with van der Waals surface area (Å²) in [4.78, 5) is 0. The second-order valence-corrected chi connectivity index (χ2v) is 10.8. The van der Waals surface area contributed by atoms with E-state index < -0.39 is 0 Å². The molecule has 0 aromatic carbocycles. The van der Waals surface area contributed by atoms with E-state index in [9.17, 15) is 0 Å². The normalized spacial score (nSPS) is 54.9. The van der Waals surface area contributed by atoms with Gasteiger partial charge in [0, 0.05) is 9.74 Å². The lowest BCUT2D eigenvalue weighted by Gasteiger charge is -2.62. The zero-order valence-corrected chi connectivity index (χ0v) is 17.0. The van der Waals surface area contributed by atoms with Crippen molar-refractivity contribution in [3.8, 4) is 0 Å². The van der Waals surface area contributed by atoms with Crippen molar-refractivity contribution in [2.24, 2.45) is 34.5 Å². The van der Waals surface area contributed by atoms with E-state index in [4.69, 9.17) is 0 Å². The third-order valence-corrected chi connectivity index (χ3v) is 10.6. The Morgan fingerprint density at radius 2 is 2.00 bits per heavy atom. The molecular weight excluding hydrogens is 344 g/mol. The molecule has 4 aliphatic carbocycles. The molecule has 4 aliphatic rings. The van der Waals surface area contributed by atoms with Crippen LogP contribution in [-0.4, -0.2) is 4.32 Å². The number of hydrogen-bond donors (Lipinski definition) is 0. The lowest BCUT2D eigenvalue weighted by Crippen LogP contribution is -2.58. The first-order valence-corrected chi connectivity index (χ1v) is 10.7. The van der Waals surface area contributed by atoms with Crippen molar-refractivity contribution in [1.82, 2.24) is 0 Å². The molecule has 0 bridgehead atoms. The van der Waals surface area contributed by atoms with Gasteiger partial charge in [-0.05, 0) is 67.6 Å². The third-order valence-electron chi connectivity index (χ3n) is 8.75. The average molecular weight is 377 g/mol. The van der Waals surface area contributed by atoms with Crippen LogP contribution in [-0.2, 0) is 0 Å². The Morgan fingerprint density at radius 1 is 1.22 bits per heavy atom. The fourth-order valence-electron chi connectivity index (χ4n) is 7.56. The summed E-state index contributed by atoms with van der Waals surface area (Å²) in [5.74, 6) is 3.63. The Hall–Kier alpha value is -0.0400. The maximum Gasteiger partial charge on any atom is 0.0414 e. The van der Waals surface area contributed by atoms with Crippen LogP contribution in [0.3, 0.4) is 0 Å². The molecule has 0 unspecified atom stereocenters. The Morgan fingerprint density at radius 3 is 2.74 bits per heavy atom. The molecule has 0 nitrogen and oxygen atoms in total. The smallest absolute Gasteiger partial charge is 0.0414 e. The Kier molecular flexibility index (Phi) is 3.73. The van der Waals surface area contributed by atoms with Gasteiger partial charge in [-0.15, -0.1) is 0 Å². The summed E-state index contributed by atoms with van der Waals surface area (Å²) >= 11 is 4.40. The van der Waals surface area contributed by atoms with Crippen LogP contribution in [0.4, 0.5) is 0 Å². The van der Waals surface area contributed by atoms with E-state index in [1.165, 1.54) is 38.5 Å². The van der Waals surface area contributed by atoms with Crippen LogP contribution in [0.5, 0.6) is 0 Å². The van der Waals surface area contributed by atoms with Gasteiger partial charge in [0.15, 0.2) is 0 Å². The van der Waals surface area contributed by atoms with Crippen molar-refractivity contribution in [3.63, 3.8) is 0 Å². The number of fused-ring (bicyclic) bond motifs is 5. The summed E-state index contributed by atoms with van der Waals surface area (Å²) in [5, 5.41) is 0. The summed E-state index contributed by atoms with van der Waals surface area (Å²) in [6.45, 7) is 10.1. The molecule has 3 fully saturated rings. The minimum atomic E-state index is 0.253. The van der Waals surface area contributed by atoms with Gasteiger partial charge in [-0.3, -0.25) is 0 Å². The molecule has 7 atom stereocenters. The molecule has 0 saturated heterocycles. The average Bonchev–Trinajstić information content (AvgIpc) is 2.78. The van der Waals surface area contributed by atoms with Gasteiger partial charge >= 0.3 is 0 Å². The van der Waals surface area contributed by atoms with Gasteiger partial charge in [0.1, 0.15) is 0 Å². The fraction of sp³-hybridized carbons (Fsp3) is 0.818. The predicted molar refractivity (Wildman–Crippen MR) is 103 cm³/mol. The molecule has 23 heavy (non-hydrogen) atoms. The lowest BCUT2D eigenvalue weighted by molar-refractivity contribution is -0.0131. The highest BCUT2D eigenvalue weighted by molar-refractivity contribution is 9.10. The monoisotopic (exact) mass is 376 g/mol. The number of rotatable bonds is 1. The maximum atomic E-state index is 4.40. The SMILES string of the molecule is CC[C@H]1[C@@H](C)C[C@H]2[C@@H]3CCC4=CCC=C[C@]4(C)[C@@]3(Br)CC[C@]12C. The topological polar surface area (TPSA) is 0 Å². The third kappa shape index (κ3) is 1.95. The molecule has 4 rings (SSSR count). The zero-order chi connectivity index (χ0) is 16.5. The first kappa shape index (κ1) is 16.4. The van der Waals surface area contributed by atoms with Crippen molar-refractivity contribution >= 4 is 15.9 Å². The van der Waals surface area contributed by atoms with Gasteiger partial charge in [-0.1, -0.05) is 73.8 Å². The van der Waals surface area contributed by atoms with E-state index in [1.807, 2.05) is 0 Å². The van der Waals surface area contributed by atoms with Gasteiger partial charge in [0.05, 0.1) is 0 Å². The molecule has 0 aromatic rings. The van der Waals surface area contributed by atoms with Gasteiger partial charge < -0.3 is 0 Å². The Labute approximate surface area is 151 Å². The van der Waals surface area contributed by atoms with E-state index >= 15 is 0 Å². The van der Waals surface area contributed by atoms with Crippen molar-refractivity contribution in [2.75, 3.05) is 0 Å². The quantitative estimate of drug-likeness (QED) is 0.344. The molecule has 0 N–H and O–H groups in total. The summed E-state index contributed by atoms with van der Waals surface area (Å²) in [6, 6.07) is 0. The minimum Gasteiger partial charge on any atom is -0.0838 e. The van der Waals surface area contributed by atoms with E-state index in [0.29, 0.717) is 9.74 Å². The number of alkyl halides is 1. The predicted octanol–water partition coefficient (Wildman–Crippen LogP) is 6.91. The van der Waals surface area contributed by atoms with Crippen molar-refractivity contribution < 1.29 is 0 Å². The van der Waals surface area contributed by atoms with Gasteiger partial charge in [-0.2, -0.15) is 0 Å². The first-order valence-electron chi connectivity index (χ1n) is 9.93. The first-order chi connectivity index (χ1) is 10.9. The van der Waals surface area contributed by atoms with Crippen LogP contribution in [0.25, 0.3) is 0 Å². The Balaban J connectivity index is 1.75. The number of hydrogen-bond acceptors (Lipinski definition) is 0. The van der Waals surface area contributed by atoms with Crippen molar-refractivity contribution in [2.45, 2.75) is 77.0 Å². The molecule has 1 heteroatoms. The molecule has 0 amide bonds. The van der Waals surface area contributed by atoms with Crippen LogP contribution in [0.1, 0.15) is 72.6 Å². The van der Waals surface area contributed by atoms with Crippen LogP contribution in [0.2, 0.25) is 0 Å². The summed E-state index contributed by atoms with van der Waals surface area (Å²) in [5.41, 5.74) is 2.56. The highest BCUT2D eigenvalue weighted by atomic mass is 79.9. The summed E-state index contributed by atoms with van der Waals surface area (Å²) in [7, 11) is 0. The molecule has 0 aliphatic heterocycles. The number of halogens is 1. The molecular formula is C22H33Br. The molecule has 0 heterocycles. The van der Waals surface area contributed by atoms with Gasteiger partial charge in [0.2, 0.25) is 0 Å². The van der Waals surface area contributed by atoms with Crippen LogP contribution < -0.4 is 0 Å². The Bertz CT molecular complexity index is 560. The number of allylic oxidation sites excluding steroid dienone is 4. The highest BCUT2D eigenvalue weighted by Crippen LogP contribution is 2.71. The minimum absolute atomic E-state index is 0.253. The highest BCUT2D eigenvalue weighted by Gasteiger charge is 2.65. The van der Waals surface area contributed by atoms with Crippen molar-refractivity contribution in [3.05, 3.63) is 23.8 Å². The van der Waals surface area contributed by atoms with Crippen LogP contribution in [0.15, 0.2) is 23.8 Å². The van der Waals surface area contributed by atoms with Crippen LogP contribution in [0, 0.1) is 34.5 Å². The largest absolute Gasteiger partial charge is 0.0838 e. The second kappa shape index (κ2) is 5.23. The fourth-order valence-corrected chi connectivity index (χ4v) is 8.70. The van der Waals surface area contributed by atoms with E-state index in [0.717, 1.165) is 30.1 Å². The summed E-state index contributed by atoms with van der Waals surface area (Å²) < 4.78 is 0.299. The second-order valence-electron chi connectivity index (χ2n) is 9.42. The standard InChI is InChI=1S/C22H33Br/c1-5-17-15(2)14-19-18-10-9-16-8-6-7-11-21(16,4)22(18,23)13-12-20(17,19)3/h7-8,11,15,17-19H,5-6,9-10,12-14H2,1-4H3/t15-,17-,18-,19-,20+,21-,22+/m0/s1. The van der Waals surface area contributed by atoms with E-state index in [1.54, 1.807) is 5.57 Å². The van der Waals surface area contributed by atoms with Gasteiger partial charge in [-0.25, -0.2) is 0 Å². The zero-order valence-electron chi connectivity index (χ0n) is 15.4. The summed E-state index contributed by atoms with van der Waals surface area (Å²) in [6.07, 6.45) is 17.0. The molecule has 128 valence electrons.